The summed E-state index contributed by atoms with van der Waals surface area (Å²) in [6.07, 6.45) is 1.63. The minimum absolute atomic E-state index is 0.147. The Kier molecular flexibility index (Phi) is 9.67. The van der Waals surface area contributed by atoms with E-state index in [1.807, 2.05) is 0 Å². The molecule has 0 amide bonds. The van der Waals surface area contributed by atoms with Gasteiger partial charge in [-0.1, -0.05) is 0 Å². The van der Waals surface area contributed by atoms with Gasteiger partial charge in [0, 0.05) is 17.6 Å². The predicted molar refractivity (Wildman–Crippen MR) is 133 cm³/mol. The Morgan fingerprint density at radius 3 is 1.77 bits per heavy atom. The van der Waals surface area contributed by atoms with Gasteiger partial charge in [0.05, 0.1) is 17.7 Å². The molecular formula is C24H25BrN4O6. The summed E-state index contributed by atoms with van der Waals surface area (Å²) < 4.78 is 21.1. The molecular weight excluding hydrogens is 520 g/mol. The van der Waals surface area contributed by atoms with Crippen LogP contribution in [-0.2, 0) is 19.1 Å². The maximum atomic E-state index is 11.4. The zero-order valence-corrected chi connectivity index (χ0v) is 20.8. The number of anilines is 4. The molecule has 0 aliphatic heterocycles. The van der Waals surface area contributed by atoms with Crippen LogP contribution in [0.2, 0.25) is 0 Å². The Balaban J connectivity index is 1.57. The molecule has 0 saturated carbocycles. The van der Waals surface area contributed by atoms with Crippen molar-refractivity contribution in [2.45, 2.75) is 13.8 Å². The SMILES string of the molecule is CCOC(=O)COc1ccc(Nc2ncc(Br)c(Nc3ccc(OCC(=O)OCC)cc3)n2)cc1. The molecule has 2 aromatic carbocycles. The van der Waals surface area contributed by atoms with Crippen LogP contribution < -0.4 is 20.1 Å². The molecule has 0 saturated heterocycles. The number of hydrogen-bond donors (Lipinski definition) is 2. The quantitative estimate of drug-likeness (QED) is 0.312. The number of hydrogen-bond acceptors (Lipinski definition) is 10. The number of halogens is 1. The number of aromatic nitrogens is 2. The number of esters is 2. The normalized spacial score (nSPS) is 10.3. The number of nitrogens with one attached hydrogen (secondary N) is 2. The molecule has 3 aromatic rings. The lowest BCUT2D eigenvalue weighted by Gasteiger charge is -2.12. The van der Waals surface area contributed by atoms with Crippen molar-refractivity contribution in [1.29, 1.82) is 0 Å². The Morgan fingerprint density at radius 2 is 1.29 bits per heavy atom. The van der Waals surface area contributed by atoms with E-state index < -0.39 is 11.9 Å². The number of carbonyl (C=O) groups is 2. The molecule has 11 heteroatoms. The van der Waals surface area contributed by atoms with Crippen LogP contribution in [0.4, 0.5) is 23.1 Å². The van der Waals surface area contributed by atoms with Crippen LogP contribution >= 0.6 is 15.9 Å². The van der Waals surface area contributed by atoms with Crippen molar-refractivity contribution in [2.75, 3.05) is 37.1 Å². The second-order valence-electron chi connectivity index (χ2n) is 6.88. The summed E-state index contributed by atoms with van der Waals surface area (Å²) >= 11 is 3.45. The third kappa shape index (κ3) is 8.45. The van der Waals surface area contributed by atoms with Gasteiger partial charge >= 0.3 is 11.9 Å². The topological polar surface area (TPSA) is 121 Å². The second-order valence-corrected chi connectivity index (χ2v) is 7.73. The Hall–Kier alpha value is -3.86. The lowest BCUT2D eigenvalue weighted by Crippen LogP contribution is -2.14. The third-order valence-electron chi connectivity index (χ3n) is 4.30. The second kappa shape index (κ2) is 13.1. The van der Waals surface area contributed by atoms with Gasteiger partial charge < -0.3 is 29.6 Å². The van der Waals surface area contributed by atoms with Crippen LogP contribution in [0.3, 0.4) is 0 Å². The first-order valence-electron chi connectivity index (χ1n) is 10.8. The molecule has 0 unspecified atom stereocenters. The zero-order valence-electron chi connectivity index (χ0n) is 19.2. The van der Waals surface area contributed by atoms with Gasteiger partial charge in [0.15, 0.2) is 13.2 Å². The predicted octanol–water partition coefficient (Wildman–Crippen LogP) is 4.61. The number of rotatable bonds is 12. The number of ether oxygens (including phenoxy) is 4. The van der Waals surface area contributed by atoms with Gasteiger partial charge in [-0.2, -0.15) is 4.98 Å². The first-order chi connectivity index (χ1) is 17.0. The van der Waals surface area contributed by atoms with Crippen LogP contribution in [0, 0.1) is 0 Å². The molecule has 0 radical (unpaired) electrons. The molecule has 0 aliphatic carbocycles. The maximum Gasteiger partial charge on any atom is 0.344 e. The van der Waals surface area contributed by atoms with Crippen molar-refractivity contribution in [2.24, 2.45) is 0 Å². The molecule has 35 heavy (non-hydrogen) atoms. The van der Waals surface area contributed by atoms with E-state index in [1.54, 1.807) is 68.6 Å². The van der Waals surface area contributed by atoms with E-state index in [9.17, 15) is 9.59 Å². The van der Waals surface area contributed by atoms with E-state index in [-0.39, 0.29) is 13.2 Å². The molecule has 3 rings (SSSR count). The van der Waals surface area contributed by atoms with Gasteiger partial charge in [0.25, 0.3) is 0 Å². The van der Waals surface area contributed by atoms with E-state index in [1.165, 1.54) is 0 Å². The minimum atomic E-state index is -0.420. The summed E-state index contributed by atoms with van der Waals surface area (Å²) in [4.78, 5) is 31.6. The van der Waals surface area contributed by atoms with E-state index in [2.05, 4.69) is 36.5 Å². The molecule has 10 nitrogen and oxygen atoms in total. The lowest BCUT2D eigenvalue weighted by atomic mass is 10.3. The van der Waals surface area contributed by atoms with Crippen LogP contribution in [-0.4, -0.2) is 48.3 Å². The van der Waals surface area contributed by atoms with E-state index >= 15 is 0 Å². The highest BCUT2D eigenvalue weighted by Gasteiger charge is 2.08. The van der Waals surface area contributed by atoms with Crippen LogP contribution in [0.1, 0.15) is 13.8 Å². The average Bonchev–Trinajstić information content (AvgIpc) is 2.85. The van der Waals surface area contributed by atoms with Crippen molar-refractivity contribution in [3.63, 3.8) is 0 Å². The molecule has 0 atom stereocenters. The molecule has 2 N–H and O–H groups in total. The third-order valence-corrected chi connectivity index (χ3v) is 4.88. The summed E-state index contributed by atoms with van der Waals surface area (Å²) in [5, 5.41) is 6.33. The fourth-order valence-electron chi connectivity index (χ4n) is 2.74. The standard InChI is InChI=1S/C24H25BrN4O6/c1-3-32-21(30)14-34-18-9-5-16(6-10-18)27-23-20(25)13-26-24(29-23)28-17-7-11-19(12-8-17)35-15-22(31)33-4-2/h5-13H,3-4,14-15H2,1-2H3,(H2,26,27,28,29). The summed E-state index contributed by atoms with van der Waals surface area (Å²) in [5.41, 5.74) is 1.51. The zero-order chi connectivity index (χ0) is 25.0. The first kappa shape index (κ1) is 25.8. The van der Waals surface area contributed by atoms with Crippen molar-refractivity contribution in [3.8, 4) is 11.5 Å². The van der Waals surface area contributed by atoms with Crippen molar-refractivity contribution >= 4 is 51.0 Å². The minimum Gasteiger partial charge on any atom is -0.482 e. The highest BCUT2D eigenvalue weighted by atomic mass is 79.9. The largest absolute Gasteiger partial charge is 0.482 e. The lowest BCUT2D eigenvalue weighted by molar-refractivity contribution is -0.146. The van der Waals surface area contributed by atoms with Crippen molar-refractivity contribution in [1.82, 2.24) is 9.97 Å². The summed E-state index contributed by atoms with van der Waals surface area (Å²) in [7, 11) is 0. The Bertz CT molecular complexity index is 1130. The van der Waals surface area contributed by atoms with Gasteiger partial charge in [-0.3, -0.25) is 0 Å². The molecule has 1 aromatic heterocycles. The van der Waals surface area contributed by atoms with Gasteiger partial charge in [0.2, 0.25) is 5.95 Å². The molecule has 0 fully saturated rings. The number of benzene rings is 2. The molecule has 0 aliphatic rings. The average molecular weight is 545 g/mol. The van der Waals surface area contributed by atoms with Crippen LogP contribution in [0.5, 0.6) is 11.5 Å². The summed E-state index contributed by atoms with van der Waals surface area (Å²) in [6, 6.07) is 14.1. The number of nitrogens with zero attached hydrogens (tertiary/aromatic N) is 2. The highest BCUT2D eigenvalue weighted by molar-refractivity contribution is 9.10. The molecule has 184 valence electrons. The van der Waals surface area contributed by atoms with E-state index in [4.69, 9.17) is 18.9 Å². The van der Waals surface area contributed by atoms with E-state index in [0.717, 1.165) is 11.4 Å². The summed E-state index contributed by atoms with van der Waals surface area (Å²) in [6.45, 7) is 3.81. The molecule has 0 bridgehead atoms. The highest BCUT2D eigenvalue weighted by Crippen LogP contribution is 2.27. The van der Waals surface area contributed by atoms with Crippen molar-refractivity contribution in [3.05, 3.63) is 59.2 Å². The Morgan fingerprint density at radius 1 is 0.800 bits per heavy atom. The smallest absolute Gasteiger partial charge is 0.344 e. The molecule has 1 heterocycles. The fourth-order valence-corrected chi connectivity index (χ4v) is 3.03. The van der Waals surface area contributed by atoms with Gasteiger partial charge in [-0.25, -0.2) is 14.6 Å². The first-order valence-corrected chi connectivity index (χ1v) is 11.6. The molecule has 0 spiro atoms. The van der Waals surface area contributed by atoms with Crippen molar-refractivity contribution < 1.29 is 28.5 Å². The van der Waals surface area contributed by atoms with Crippen LogP contribution in [0.25, 0.3) is 0 Å². The summed E-state index contributed by atoms with van der Waals surface area (Å²) in [5.74, 6) is 1.18. The maximum absolute atomic E-state index is 11.4. The van der Waals surface area contributed by atoms with Gasteiger partial charge in [0.1, 0.15) is 17.3 Å². The monoisotopic (exact) mass is 544 g/mol. The van der Waals surface area contributed by atoms with Gasteiger partial charge in [-0.05, 0) is 78.3 Å². The van der Waals surface area contributed by atoms with E-state index in [0.29, 0.717) is 41.0 Å². The number of carbonyl (C=O) groups excluding carboxylic acids is 2. The Labute approximate surface area is 211 Å². The fraction of sp³-hybridized carbons (Fsp3) is 0.250. The van der Waals surface area contributed by atoms with Crippen LogP contribution in [0.15, 0.2) is 59.2 Å². The van der Waals surface area contributed by atoms with Gasteiger partial charge in [-0.15, -0.1) is 0 Å².